The van der Waals surface area contributed by atoms with E-state index in [-0.39, 0.29) is 17.3 Å². The summed E-state index contributed by atoms with van der Waals surface area (Å²) in [5.41, 5.74) is 0. The molecule has 0 aliphatic heterocycles. The Morgan fingerprint density at radius 1 is 1.44 bits per heavy atom. The fourth-order valence-electron chi connectivity index (χ4n) is 2.20. The minimum atomic E-state index is -3.04. The lowest BCUT2D eigenvalue weighted by molar-refractivity contribution is -0.142. The van der Waals surface area contributed by atoms with Crippen LogP contribution in [0.1, 0.15) is 26.2 Å². The Morgan fingerprint density at radius 2 is 2.06 bits per heavy atom. The second-order valence-electron chi connectivity index (χ2n) is 4.32. The van der Waals surface area contributed by atoms with Crippen LogP contribution in [0.2, 0.25) is 0 Å². The van der Waals surface area contributed by atoms with Crippen molar-refractivity contribution in [3.05, 3.63) is 0 Å². The predicted octanol–water partition coefficient (Wildman–Crippen LogP) is 0.103. The van der Waals surface area contributed by atoms with Crippen LogP contribution in [0, 0.1) is 0 Å². The van der Waals surface area contributed by atoms with Crippen LogP contribution in [-0.4, -0.2) is 45.1 Å². The quantitative estimate of drug-likeness (QED) is 0.716. The normalized spacial score (nSPS) is 27.7. The molecule has 2 unspecified atom stereocenters. The molecule has 6 heteroatoms. The monoisotopic (exact) mass is 249 g/mol. The average molecular weight is 249 g/mol. The van der Waals surface area contributed by atoms with Crippen molar-refractivity contribution in [2.45, 2.75) is 43.5 Å². The Bertz CT molecular complexity index is 352. The number of carbonyl (C=O) groups excluding carboxylic acids is 1. The molecule has 0 amide bonds. The van der Waals surface area contributed by atoms with Gasteiger partial charge in [-0.2, -0.15) is 0 Å². The molecule has 1 fully saturated rings. The fourth-order valence-corrected chi connectivity index (χ4v) is 3.60. The zero-order valence-corrected chi connectivity index (χ0v) is 10.7. The molecule has 5 nitrogen and oxygen atoms in total. The van der Waals surface area contributed by atoms with Crippen molar-refractivity contribution < 1.29 is 17.9 Å². The highest BCUT2D eigenvalue weighted by atomic mass is 32.2. The molecule has 0 aromatic carbocycles. The van der Waals surface area contributed by atoms with E-state index in [1.54, 1.807) is 6.92 Å². The first-order valence-electron chi connectivity index (χ1n) is 5.39. The van der Waals surface area contributed by atoms with Gasteiger partial charge in [0.05, 0.1) is 12.4 Å². The number of methoxy groups -OCH3 is 1. The lowest BCUT2D eigenvalue weighted by Gasteiger charge is -2.22. The first-order chi connectivity index (χ1) is 7.36. The van der Waals surface area contributed by atoms with Crippen LogP contribution < -0.4 is 5.32 Å². The molecule has 1 aliphatic rings. The van der Waals surface area contributed by atoms with E-state index in [1.165, 1.54) is 13.4 Å². The summed E-state index contributed by atoms with van der Waals surface area (Å²) in [7, 11) is -1.72. The van der Waals surface area contributed by atoms with Crippen LogP contribution in [0.15, 0.2) is 0 Å². The molecule has 0 spiro atoms. The number of nitrogens with one attached hydrogen (secondary N) is 1. The summed E-state index contributed by atoms with van der Waals surface area (Å²) in [4.78, 5) is 11.2. The number of rotatable bonds is 4. The van der Waals surface area contributed by atoms with Crippen molar-refractivity contribution in [3.8, 4) is 0 Å². The zero-order chi connectivity index (χ0) is 12.3. The number of carbonyl (C=O) groups is 1. The van der Waals surface area contributed by atoms with Crippen LogP contribution in [0.3, 0.4) is 0 Å². The topological polar surface area (TPSA) is 72.5 Å². The third-order valence-corrected chi connectivity index (χ3v) is 4.69. The van der Waals surface area contributed by atoms with Crippen molar-refractivity contribution in [1.29, 1.82) is 0 Å². The van der Waals surface area contributed by atoms with E-state index in [0.717, 1.165) is 12.8 Å². The third kappa shape index (κ3) is 3.18. The number of ether oxygens (including phenoxy) is 1. The molecule has 16 heavy (non-hydrogen) atoms. The summed E-state index contributed by atoms with van der Waals surface area (Å²) in [5.74, 6) is -0.362. The molecule has 0 radical (unpaired) electrons. The van der Waals surface area contributed by atoms with Gasteiger partial charge in [-0.3, -0.25) is 4.79 Å². The molecule has 1 N–H and O–H groups in total. The molecular weight excluding hydrogens is 230 g/mol. The van der Waals surface area contributed by atoms with E-state index in [2.05, 4.69) is 10.1 Å². The second kappa shape index (κ2) is 5.14. The maximum absolute atomic E-state index is 11.5. The summed E-state index contributed by atoms with van der Waals surface area (Å²) >= 11 is 0. The molecule has 3 atom stereocenters. The largest absolute Gasteiger partial charge is 0.468 e. The van der Waals surface area contributed by atoms with Gasteiger partial charge in [-0.1, -0.05) is 6.42 Å². The Morgan fingerprint density at radius 3 is 2.56 bits per heavy atom. The lowest BCUT2D eigenvalue weighted by Crippen LogP contribution is -2.47. The summed E-state index contributed by atoms with van der Waals surface area (Å²) in [6, 6.07) is -0.596. The fraction of sp³-hybridized carbons (Fsp3) is 0.900. The molecule has 0 bridgehead atoms. The highest BCUT2D eigenvalue weighted by molar-refractivity contribution is 7.91. The van der Waals surface area contributed by atoms with Crippen molar-refractivity contribution in [2.24, 2.45) is 0 Å². The van der Waals surface area contributed by atoms with Crippen molar-refractivity contribution >= 4 is 15.8 Å². The average Bonchev–Trinajstić information content (AvgIpc) is 2.63. The number of hydrogen-bond donors (Lipinski definition) is 1. The van der Waals surface area contributed by atoms with Crippen LogP contribution >= 0.6 is 0 Å². The van der Waals surface area contributed by atoms with Gasteiger partial charge in [0.2, 0.25) is 0 Å². The van der Waals surface area contributed by atoms with Gasteiger partial charge in [0.15, 0.2) is 9.84 Å². The molecule has 0 aromatic rings. The van der Waals surface area contributed by atoms with E-state index < -0.39 is 15.9 Å². The first kappa shape index (κ1) is 13.4. The second-order valence-corrected chi connectivity index (χ2v) is 6.58. The van der Waals surface area contributed by atoms with Gasteiger partial charge in [-0.25, -0.2) is 8.42 Å². The molecule has 1 aliphatic carbocycles. The highest BCUT2D eigenvalue weighted by Crippen LogP contribution is 2.25. The minimum absolute atomic E-state index is 0.135. The molecule has 1 saturated carbocycles. The summed E-state index contributed by atoms with van der Waals surface area (Å²) in [5, 5.41) is 2.66. The maximum Gasteiger partial charge on any atom is 0.322 e. The molecule has 0 aromatic heterocycles. The smallest absolute Gasteiger partial charge is 0.322 e. The predicted molar refractivity (Wildman–Crippen MR) is 60.9 cm³/mol. The first-order valence-corrected chi connectivity index (χ1v) is 7.34. The SMILES string of the molecule is COC(=O)[C@H](C)NC1CCCC1S(C)(=O)=O. The van der Waals surface area contributed by atoms with E-state index in [0.29, 0.717) is 6.42 Å². The maximum atomic E-state index is 11.5. The molecular formula is C10H19NO4S. The number of esters is 1. The van der Waals surface area contributed by atoms with Crippen LogP contribution in [0.5, 0.6) is 0 Å². The third-order valence-electron chi connectivity index (χ3n) is 3.02. The van der Waals surface area contributed by atoms with Crippen molar-refractivity contribution in [3.63, 3.8) is 0 Å². The standard InChI is InChI=1S/C10H19NO4S/c1-7(10(12)15-2)11-8-5-4-6-9(8)16(3,13)14/h7-9,11H,4-6H2,1-3H3/t7-,8?,9?/m0/s1. The summed E-state index contributed by atoms with van der Waals surface area (Å²) in [6.45, 7) is 1.68. The summed E-state index contributed by atoms with van der Waals surface area (Å²) < 4.78 is 27.6. The van der Waals surface area contributed by atoms with E-state index in [9.17, 15) is 13.2 Å². The molecule has 0 heterocycles. The Labute approximate surface area is 96.5 Å². The van der Waals surface area contributed by atoms with Crippen LogP contribution in [-0.2, 0) is 19.4 Å². The van der Waals surface area contributed by atoms with Gasteiger partial charge < -0.3 is 10.1 Å². The Balaban J connectivity index is 2.64. The highest BCUT2D eigenvalue weighted by Gasteiger charge is 2.36. The van der Waals surface area contributed by atoms with Gasteiger partial charge in [0.25, 0.3) is 0 Å². The molecule has 1 rings (SSSR count). The van der Waals surface area contributed by atoms with Crippen LogP contribution in [0.4, 0.5) is 0 Å². The van der Waals surface area contributed by atoms with E-state index >= 15 is 0 Å². The van der Waals surface area contributed by atoms with E-state index in [4.69, 9.17) is 0 Å². The van der Waals surface area contributed by atoms with Gasteiger partial charge in [-0.05, 0) is 19.8 Å². The minimum Gasteiger partial charge on any atom is -0.468 e. The molecule has 0 saturated heterocycles. The zero-order valence-electron chi connectivity index (χ0n) is 9.89. The molecule has 94 valence electrons. The Kier molecular flexibility index (Phi) is 4.32. The Hall–Kier alpha value is -0.620. The van der Waals surface area contributed by atoms with Gasteiger partial charge in [-0.15, -0.1) is 0 Å². The van der Waals surface area contributed by atoms with Crippen molar-refractivity contribution in [2.75, 3.05) is 13.4 Å². The van der Waals surface area contributed by atoms with E-state index in [1.807, 2.05) is 0 Å². The van der Waals surface area contributed by atoms with Gasteiger partial charge >= 0.3 is 5.97 Å². The van der Waals surface area contributed by atoms with Crippen molar-refractivity contribution in [1.82, 2.24) is 5.32 Å². The van der Waals surface area contributed by atoms with Crippen LogP contribution in [0.25, 0.3) is 0 Å². The summed E-state index contributed by atoms with van der Waals surface area (Å²) in [6.07, 6.45) is 3.59. The number of sulfone groups is 1. The van der Waals surface area contributed by atoms with Gasteiger partial charge in [0.1, 0.15) is 6.04 Å². The number of hydrogen-bond acceptors (Lipinski definition) is 5. The van der Waals surface area contributed by atoms with Gasteiger partial charge in [0, 0.05) is 12.3 Å². The lowest BCUT2D eigenvalue weighted by atomic mass is 10.2.